The number of rotatable bonds is 3. The van der Waals surface area contributed by atoms with Gasteiger partial charge in [-0.05, 0) is 13.8 Å². The highest BCUT2D eigenvalue weighted by Gasteiger charge is 2.01. The van der Waals surface area contributed by atoms with Crippen molar-refractivity contribution in [2.45, 2.75) is 13.8 Å². The van der Waals surface area contributed by atoms with E-state index in [1.54, 1.807) is 6.33 Å². The molecule has 0 saturated carbocycles. The zero-order valence-electron chi connectivity index (χ0n) is 7.46. The van der Waals surface area contributed by atoms with Gasteiger partial charge >= 0.3 is 0 Å². The second-order valence-electron chi connectivity index (χ2n) is 2.63. The Morgan fingerprint density at radius 3 is 2.42 bits per heavy atom. The molecule has 3 N–H and O–H groups in total. The summed E-state index contributed by atoms with van der Waals surface area (Å²) in [5.74, 6) is 0. The number of nitrogens with two attached hydrogens (primary N) is 1. The van der Waals surface area contributed by atoms with Crippen molar-refractivity contribution in [3.63, 3.8) is 0 Å². The van der Waals surface area contributed by atoms with Crippen molar-refractivity contribution in [1.82, 2.24) is 9.97 Å². The van der Waals surface area contributed by atoms with Crippen molar-refractivity contribution in [1.29, 1.82) is 0 Å². The van der Waals surface area contributed by atoms with Crippen molar-refractivity contribution in [2.24, 2.45) is 5.73 Å². The second kappa shape index (κ2) is 4.01. The number of anilines is 1. The lowest BCUT2D eigenvalue weighted by atomic mass is 10.3. The molecule has 0 spiro atoms. The molecule has 0 aromatic carbocycles. The van der Waals surface area contributed by atoms with Gasteiger partial charge < -0.3 is 11.1 Å². The van der Waals surface area contributed by atoms with Crippen LogP contribution < -0.4 is 11.1 Å². The van der Waals surface area contributed by atoms with E-state index in [4.69, 9.17) is 5.73 Å². The molecule has 1 aromatic heterocycles. The van der Waals surface area contributed by atoms with Crippen LogP contribution in [0, 0.1) is 13.8 Å². The van der Waals surface area contributed by atoms with E-state index >= 15 is 0 Å². The third-order valence-electron chi connectivity index (χ3n) is 1.67. The Labute approximate surface area is 72.2 Å². The third kappa shape index (κ3) is 1.92. The molecule has 0 aliphatic rings. The van der Waals surface area contributed by atoms with E-state index in [0.29, 0.717) is 6.54 Å². The molecule has 0 saturated heterocycles. The number of aryl methyl sites for hydroxylation is 2. The van der Waals surface area contributed by atoms with Crippen molar-refractivity contribution < 1.29 is 0 Å². The summed E-state index contributed by atoms with van der Waals surface area (Å²) in [5.41, 5.74) is 8.31. The van der Waals surface area contributed by atoms with Crippen LogP contribution >= 0.6 is 0 Å². The Hall–Kier alpha value is -1.16. The smallest absolute Gasteiger partial charge is 0.116 e. The predicted molar refractivity (Wildman–Crippen MR) is 49.1 cm³/mol. The van der Waals surface area contributed by atoms with Gasteiger partial charge in [0, 0.05) is 13.1 Å². The maximum atomic E-state index is 5.37. The SMILES string of the molecule is Cc1ncnc(C)c1NCCN. The van der Waals surface area contributed by atoms with E-state index < -0.39 is 0 Å². The molecule has 1 aromatic rings. The Bertz CT molecular complexity index is 239. The summed E-state index contributed by atoms with van der Waals surface area (Å²) in [5, 5.41) is 3.18. The van der Waals surface area contributed by atoms with E-state index in [0.717, 1.165) is 23.6 Å². The Morgan fingerprint density at radius 1 is 1.33 bits per heavy atom. The minimum atomic E-state index is 0.619. The van der Waals surface area contributed by atoms with Crippen molar-refractivity contribution in [2.75, 3.05) is 18.4 Å². The predicted octanol–water partition coefficient (Wildman–Crippen LogP) is 0.464. The van der Waals surface area contributed by atoms with Crippen molar-refractivity contribution in [3.05, 3.63) is 17.7 Å². The molecule has 4 nitrogen and oxygen atoms in total. The van der Waals surface area contributed by atoms with Gasteiger partial charge in [-0.1, -0.05) is 0 Å². The molecular weight excluding hydrogens is 152 g/mol. The average molecular weight is 166 g/mol. The van der Waals surface area contributed by atoms with E-state index in [9.17, 15) is 0 Å². The fourth-order valence-corrected chi connectivity index (χ4v) is 1.05. The quantitative estimate of drug-likeness (QED) is 0.685. The lowest BCUT2D eigenvalue weighted by Gasteiger charge is -2.08. The lowest BCUT2D eigenvalue weighted by molar-refractivity contribution is 0.987. The minimum Gasteiger partial charge on any atom is -0.381 e. The summed E-state index contributed by atoms with van der Waals surface area (Å²) in [6, 6.07) is 0. The Morgan fingerprint density at radius 2 is 1.92 bits per heavy atom. The molecule has 0 unspecified atom stereocenters. The van der Waals surface area contributed by atoms with Crippen LogP contribution in [0.5, 0.6) is 0 Å². The van der Waals surface area contributed by atoms with Gasteiger partial charge in [0.25, 0.3) is 0 Å². The molecule has 0 radical (unpaired) electrons. The van der Waals surface area contributed by atoms with Crippen LogP contribution in [0.3, 0.4) is 0 Å². The molecule has 0 aliphatic carbocycles. The van der Waals surface area contributed by atoms with Crippen LogP contribution in [0.25, 0.3) is 0 Å². The fourth-order valence-electron chi connectivity index (χ4n) is 1.05. The van der Waals surface area contributed by atoms with Gasteiger partial charge in [-0.25, -0.2) is 9.97 Å². The monoisotopic (exact) mass is 166 g/mol. The van der Waals surface area contributed by atoms with Crippen LogP contribution in [0.1, 0.15) is 11.4 Å². The molecule has 0 amide bonds. The number of nitrogens with zero attached hydrogens (tertiary/aromatic N) is 2. The number of hydrogen-bond donors (Lipinski definition) is 2. The first kappa shape index (κ1) is 8.93. The van der Waals surface area contributed by atoms with Crippen molar-refractivity contribution >= 4 is 5.69 Å². The normalized spacial score (nSPS) is 9.92. The van der Waals surface area contributed by atoms with E-state index in [2.05, 4.69) is 15.3 Å². The zero-order chi connectivity index (χ0) is 8.97. The summed E-state index contributed by atoms with van der Waals surface area (Å²) < 4.78 is 0. The van der Waals surface area contributed by atoms with Gasteiger partial charge in [-0.15, -0.1) is 0 Å². The summed E-state index contributed by atoms with van der Waals surface area (Å²) in [6.07, 6.45) is 1.57. The highest BCUT2D eigenvalue weighted by atomic mass is 15.0. The second-order valence-corrected chi connectivity index (χ2v) is 2.63. The van der Waals surface area contributed by atoms with E-state index in [1.165, 1.54) is 0 Å². The molecule has 66 valence electrons. The molecule has 0 aliphatic heterocycles. The van der Waals surface area contributed by atoms with Crippen LogP contribution in [-0.4, -0.2) is 23.1 Å². The Kier molecular flexibility index (Phi) is 2.99. The van der Waals surface area contributed by atoms with E-state index in [-0.39, 0.29) is 0 Å². The molecule has 1 heterocycles. The first-order valence-electron chi connectivity index (χ1n) is 3.98. The topological polar surface area (TPSA) is 63.8 Å². The maximum absolute atomic E-state index is 5.37. The zero-order valence-corrected chi connectivity index (χ0v) is 7.46. The third-order valence-corrected chi connectivity index (χ3v) is 1.67. The highest BCUT2D eigenvalue weighted by molar-refractivity contribution is 5.50. The van der Waals surface area contributed by atoms with Crippen LogP contribution in [-0.2, 0) is 0 Å². The van der Waals surface area contributed by atoms with Gasteiger partial charge in [-0.3, -0.25) is 0 Å². The fraction of sp³-hybridized carbons (Fsp3) is 0.500. The largest absolute Gasteiger partial charge is 0.381 e. The summed E-state index contributed by atoms with van der Waals surface area (Å²) >= 11 is 0. The van der Waals surface area contributed by atoms with Crippen LogP contribution in [0.4, 0.5) is 5.69 Å². The van der Waals surface area contributed by atoms with Crippen LogP contribution in [0.15, 0.2) is 6.33 Å². The van der Waals surface area contributed by atoms with Gasteiger partial charge in [0.05, 0.1) is 17.1 Å². The molecule has 0 bridgehead atoms. The molecular formula is C8H14N4. The minimum absolute atomic E-state index is 0.619. The van der Waals surface area contributed by atoms with Crippen LogP contribution in [0.2, 0.25) is 0 Å². The molecule has 12 heavy (non-hydrogen) atoms. The van der Waals surface area contributed by atoms with Gasteiger partial charge in [0.2, 0.25) is 0 Å². The van der Waals surface area contributed by atoms with Crippen molar-refractivity contribution in [3.8, 4) is 0 Å². The Balaban J connectivity index is 2.81. The lowest BCUT2D eigenvalue weighted by Crippen LogP contribution is -2.15. The highest BCUT2D eigenvalue weighted by Crippen LogP contribution is 2.13. The van der Waals surface area contributed by atoms with Gasteiger partial charge in [0.15, 0.2) is 0 Å². The number of nitrogens with one attached hydrogen (secondary N) is 1. The van der Waals surface area contributed by atoms with Gasteiger partial charge in [-0.2, -0.15) is 0 Å². The first-order valence-corrected chi connectivity index (χ1v) is 3.98. The van der Waals surface area contributed by atoms with Gasteiger partial charge in [0.1, 0.15) is 6.33 Å². The summed E-state index contributed by atoms with van der Waals surface area (Å²) in [7, 11) is 0. The first-order chi connectivity index (χ1) is 5.75. The number of hydrogen-bond acceptors (Lipinski definition) is 4. The number of aromatic nitrogens is 2. The standard InChI is InChI=1S/C8H14N4/c1-6-8(10-4-3-9)7(2)12-5-11-6/h5,10H,3-4,9H2,1-2H3. The maximum Gasteiger partial charge on any atom is 0.116 e. The molecule has 0 fully saturated rings. The molecule has 4 heteroatoms. The summed E-state index contributed by atoms with van der Waals surface area (Å²) in [6.45, 7) is 5.28. The molecule has 1 rings (SSSR count). The summed E-state index contributed by atoms with van der Waals surface area (Å²) in [4.78, 5) is 8.16. The average Bonchev–Trinajstić information content (AvgIpc) is 2.04. The molecule has 0 atom stereocenters. The van der Waals surface area contributed by atoms with E-state index in [1.807, 2.05) is 13.8 Å².